The molecule has 1 amide bonds. The standard InChI is InChI=1S/C24H31NO5/c1-13(2)7-15(11-26)25-22(27)9-17-14(3)16-8-18-19(24(4,5)6)12-29-20(18)10-21(16)30-23(17)28/h8,10,12-13,15,26H,7,9,11H2,1-6H3,(H,25,27). The lowest BCUT2D eigenvalue weighted by Crippen LogP contribution is -2.40. The molecule has 1 unspecified atom stereocenters. The molecule has 1 atom stereocenters. The lowest BCUT2D eigenvalue weighted by atomic mass is 9.86. The first-order valence-corrected chi connectivity index (χ1v) is 10.4. The second kappa shape index (κ2) is 8.26. The van der Waals surface area contributed by atoms with E-state index < -0.39 is 5.63 Å². The Kier molecular flexibility index (Phi) is 6.09. The van der Waals surface area contributed by atoms with Gasteiger partial charge in [0.15, 0.2) is 0 Å². The SMILES string of the molecule is Cc1c(CC(=O)NC(CO)CC(C)C)c(=O)oc2cc3occ(C(C)(C)C)c3cc12. The molecule has 0 spiro atoms. The lowest BCUT2D eigenvalue weighted by molar-refractivity contribution is -0.121. The van der Waals surface area contributed by atoms with Gasteiger partial charge >= 0.3 is 5.63 Å². The molecule has 0 radical (unpaired) electrons. The Bertz CT molecular complexity index is 1130. The summed E-state index contributed by atoms with van der Waals surface area (Å²) in [6.07, 6.45) is 2.32. The van der Waals surface area contributed by atoms with Gasteiger partial charge in [0.1, 0.15) is 11.2 Å². The summed E-state index contributed by atoms with van der Waals surface area (Å²) in [4.78, 5) is 25.1. The Morgan fingerprint density at radius 1 is 1.17 bits per heavy atom. The van der Waals surface area contributed by atoms with Crippen molar-refractivity contribution in [3.63, 3.8) is 0 Å². The number of carbonyl (C=O) groups excluding carboxylic acids is 1. The number of aliphatic hydroxyl groups is 1. The van der Waals surface area contributed by atoms with Crippen molar-refractivity contribution in [2.75, 3.05) is 6.61 Å². The number of amides is 1. The smallest absolute Gasteiger partial charge is 0.340 e. The molecule has 0 bridgehead atoms. The summed E-state index contributed by atoms with van der Waals surface area (Å²) in [5.41, 5.74) is 2.62. The first-order valence-electron chi connectivity index (χ1n) is 10.4. The molecule has 2 heterocycles. The van der Waals surface area contributed by atoms with Crippen molar-refractivity contribution in [1.29, 1.82) is 0 Å². The second-order valence-corrected chi connectivity index (χ2v) is 9.49. The lowest BCUT2D eigenvalue weighted by Gasteiger charge is -2.18. The quantitative estimate of drug-likeness (QED) is 0.591. The van der Waals surface area contributed by atoms with Crippen molar-refractivity contribution >= 4 is 27.8 Å². The molecule has 0 aliphatic rings. The fraction of sp³-hybridized carbons (Fsp3) is 0.500. The van der Waals surface area contributed by atoms with Crippen LogP contribution in [0.25, 0.3) is 21.9 Å². The predicted octanol–water partition coefficient (Wildman–Crippen LogP) is 4.21. The number of furan rings is 1. The Morgan fingerprint density at radius 2 is 1.87 bits per heavy atom. The largest absolute Gasteiger partial charge is 0.464 e. The van der Waals surface area contributed by atoms with Gasteiger partial charge in [-0.1, -0.05) is 34.6 Å². The first kappa shape index (κ1) is 22.1. The topological polar surface area (TPSA) is 92.7 Å². The maximum absolute atomic E-state index is 12.6. The Balaban J connectivity index is 2.00. The van der Waals surface area contributed by atoms with Crippen LogP contribution in [0.2, 0.25) is 0 Å². The van der Waals surface area contributed by atoms with Crippen molar-refractivity contribution in [2.24, 2.45) is 5.92 Å². The molecule has 0 fully saturated rings. The van der Waals surface area contributed by atoms with Crippen LogP contribution in [0.3, 0.4) is 0 Å². The van der Waals surface area contributed by atoms with Gasteiger partial charge in [0.2, 0.25) is 5.91 Å². The van der Waals surface area contributed by atoms with Crippen LogP contribution in [-0.4, -0.2) is 23.7 Å². The third-order valence-corrected chi connectivity index (χ3v) is 5.47. The van der Waals surface area contributed by atoms with Crippen molar-refractivity contribution in [1.82, 2.24) is 5.32 Å². The van der Waals surface area contributed by atoms with E-state index in [1.165, 1.54) is 0 Å². The van der Waals surface area contributed by atoms with Crippen LogP contribution in [-0.2, 0) is 16.6 Å². The number of benzene rings is 1. The van der Waals surface area contributed by atoms with Gasteiger partial charge in [0, 0.05) is 22.4 Å². The van der Waals surface area contributed by atoms with Crippen LogP contribution in [0.4, 0.5) is 0 Å². The van der Waals surface area contributed by atoms with Crippen LogP contribution >= 0.6 is 0 Å². The molecule has 2 N–H and O–H groups in total. The fourth-order valence-corrected chi connectivity index (χ4v) is 3.88. The molecule has 30 heavy (non-hydrogen) atoms. The van der Waals surface area contributed by atoms with E-state index in [1.54, 1.807) is 12.3 Å². The highest BCUT2D eigenvalue weighted by Gasteiger charge is 2.22. The monoisotopic (exact) mass is 413 g/mol. The summed E-state index contributed by atoms with van der Waals surface area (Å²) in [5, 5.41) is 14.1. The van der Waals surface area contributed by atoms with Gasteiger partial charge in [-0.15, -0.1) is 0 Å². The van der Waals surface area contributed by atoms with E-state index in [-0.39, 0.29) is 30.4 Å². The summed E-state index contributed by atoms with van der Waals surface area (Å²) in [7, 11) is 0. The highest BCUT2D eigenvalue weighted by molar-refractivity contribution is 5.97. The molecular formula is C24H31NO5. The Labute approximate surface area is 176 Å². The average molecular weight is 414 g/mol. The molecule has 3 rings (SSSR count). The van der Waals surface area contributed by atoms with E-state index in [9.17, 15) is 14.7 Å². The van der Waals surface area contributed by atoms with Crippen LogP contribution in [0.15, 0.2) is 32.0 Å². The second-order valence-electron chi connectivity index (χ2n) is 9.49. The van der Waals surface area contributed by atoms with Crippen molar-refractivity contribution in [3.05, 3.63) is 45.5 Å². The molecule has 0 aliphatic heterocycles. The van der Waals surface area contributed by atoms with E-state index in [1.807, 2.05) is 26.8 Å². The average Bonchev–Trinajstić information content (AvgIpc) is 3.06. The number of aliphatic hydroxyl groups excluding tert-OH is 1. The van der Waals surface area contributed by atoms with Gasteiger partial charge in [0.25, 0.3) is 0 Å². The molecule has 3 aromatic rings. The van der Waals surface area contributed by atoms with Gasteiger partial charge in [-0.25, -0.2) is 4.79 Å². The van der Waals surface area contributed by atoms with Gasteiger partial charge in [-0.05, 0) is 36.3 Å². The molecular weight excluding hydrogens is 382 g/mol. The van der Waals surface area contributed by atoms with E-state index in [0.29, 0.717) is 29.1 Å². The maximum atomic E-state index is 12.6. The molecule has 2 aromatic heterocycles. The van der Waals surface area contributed by atoms with Crippen LogP contribution in [0.1, 0.15) is 57.7 Å². The molecule has 0 aliphatic carbocycles. The van der Waals surface area contributed by atoms with Crippen LogP contribution in [0, 0.1) is 12.8 Å². The minimum absolute atomic E-state index is 0.0890. The zero-order chi connectivity index (χ0) is 22.2. The number of fused-ring (bicyclic) bond motifs is 2. The zero-order valence-electron chi connectivity index (χ0n) is 18.6. The minimum atomic E-state index is -0.526. The van der Waals surface area contributed by atoms with Crippen LogP contribution < -0.4 is 10.9 Å². The van der Waals surface area contributed by atoms with E-state index >= 15 is 0 Å². The number of hydrogen-bond donors (Lipinski definition) is 2. The summed E-state index contributed by atoms with van der Waals surface area (Å²) < 4.78 is 11.2. The molecule has 0 saturated heterocycles. The van der Waals surface area contributed by atoms with E-state index in [2.05, 4.69) is 26.1 Å². The van der Waals surface area contributed by atoms with E-state index in [0.717, 1.165) is 21.9 Å². The molecule has 1 aromatic carbocycles. The number of rotatable bonds is 6. The molecule has 6 nitrogen and oxygen atoms in total. The number of carbonyl (C=O) groups is 1. The minimum Gasteiger partial charge on any atom is -0.464 e. The highest BCUT2D eigenvalue weighted by Crippen LogP contribution is 2.35. The van der Waals surface area contributed by atoms with Gasteiger partial charge in [0.05, 0.1) is 30.9 Å². The zero-order valence-corrected chi connectivity index (χ0v) is 18.6. The fourth-order valence-electron chi connectivity index (χ4n) is 3.88. The molecule has 162 valence electrons. The molecule has 6 heteroatoms. The Morgan fingerprint density at radius 3 is 2.47 bits per heavy atom. The van der Waals surface area contributed by atoms with Gasteiger partial charge < -0.3 is 19.3 Å². The first-order chi connectivity index (χ1) is 14.0. The number of hydrogen-bond acceptors (Lipinski definition) is 5. The number of nitrogens with one attached hydrogen (secondary N) is 1. The third kappa shape index (κ3) is 4.43. The van der Waals surface area contributed by atoms with Gasteiger partial charge in [-0.3, -0.25) is 4.79 Å². The maximum Gasteiger partial charge on any atom is 0.340 e. The summed E-state index contributed by atoms with van der Waals surface area (Å²) in [5.74, 6) is 0.0357. The Hall–Kier alpha value is -2.60. The summed E-state index contributed by atoms with van der Waals surface area (Å²) in [6.45, 7) is 12.1. The normalized spacial score (nSPS) is 13.3. The number of aryl methyl sites for hydroxylation is 1. The van der Waals surface area contributed by atoms with Crippen molar-refractivity contribution < 1.29 is 18.7 Å². The predicted molar refractivity (Wildman–Crippen MR) is 118 cm³/mol. The summed E-state index contributed by atoms with van der Waals surface area (Å²) >= 11 is 0. The van der Waals surface area contributed by atoms with Crippen molar-refractivity contribution in [2.45, 2.75) is 65.8 Å². The summed E-state index contributed by atoms with van der Waals surface area (Å²) in [6, 6.07) is 3.39. The highest BCUT2D eigenvalue weighted by atomic mass is 16.4. The third-order valence-electron chi connectivity index (χ3n) is 5.47. The molecule has 0 saturated carbocycles. The van der Waals surface area contributed by atoms with E-state index in [4.69, 9.17) is 8.83 Å². The van der Waals surface area contributed by atoms with Crippen LogP contribution in [0.5, 0.6) is 0 Å². The van der Waals surface area contributed by atoms with Gasteiger partial charge in [-0.2, -0.15) is 0 Å². The van der Waals surface area contributed by atoms with Crippen molar-refractivity contribution in [3.8, 4) is 0 Å².